The number of carbonyl (C=O) groups is 1. The molecule has 94 valence electrons. The fourth-order valence-electron chi connectivity index (χ4n) is 1.43. The Kier molecular flexibility index (Phi) is 5.12. The van der Waals surface area contributed by atoms with Gasteiger partial charge in [0.2, 0.25) is 5.91 Å². The SMILES string of the molecule is CC(C)C(Br)C(=O)N[C@@H](C)c1ccc(F)cc1. The third-order valence-electron chi connectivity index (χ3n) is 2.56. The number of amides is 1. The summed E-state index contributed by atoms with van der Waals surface area (Å²) in [4.78, 5) is 11.6. The lowest BCUT2D eigenvalue weighted by Gasteiger charge is -2.19. The molecule has 1 N–H and O–H groups in total. The number of carbonyl (C=O) groups excluding carboxylic acids is 1. The molecule has 0 spiro atoms. The molecule has 2 nitrogen and oxygen atoms in total. The molecule has 0 aliphatic heterocycles. The van der Waals surface area contributed by atoms with Crippen LogP contribution < -0.4 is 5.32 Å². The van der Waals surface area contributed by atoms with Gasteiger partial charge in [0.1, 0.15) is 5.82 Å². The molecule has 2 atom stereocenters. The molecule has 1 unspecified atom stereocenters. The highest BCUT2D eigenvalue weighted by molar-refractivity contribution is 9.10. The maximum absolute atomic E-state index is 12.8. The second-order valence-electron chi connectivity index (χ2n) is 4.43. The van der Waals surface area contributed by atoms with Gasteiger partial charge in [-0.25, -0.2) is 4.39 Å². The largest absolute Gasteiger partial charge is 0.349 e. The van der Waals surface area contributed by atoms with Gasteiger partial charge in [-0.15, -0.1) is 0 Å². The lowest BCUT2D eigenvalue weighted by Crippen LogP contribution is -2.35. The molecule has 1 aromatic carbocycles. The zero-order valence-electron chi connectivity index (χ0n) is 10.2. The van der Waals surface area contributed by atoms with Crippen molar-refractivity contribution in [3.05, 3.63) is 35.6 Å². The van der Waals surface area contributed by atoms with Crippen molar-refractivity contribution < 1.29 is 9.18 Å². The van der Waals surface area contributed by atoms with Crippen LogP contribution in [0, 0.1) is 11.7 Å². The van der Waals surface area contributed by atoms with E-state index in [0.717, 1.165) is 5.56 Å². The minimum Gasteiger partial charge on any atom is -0.349 e. The molecule has 0 bridgehead atoms. The minimum absolute atomic E-state index is 0.0446. The van der Waals surface area contributed by atoms with E-state index in [1.54, 1.807) is 12.1 Å². The van der Waals surface area contributed by atoms with Crippen molar-refractivity contribution in [3.8, 4) is 0 Å². The molecule has 4 heteroatoms. The van der Waals surface area contributed by atoms with Crippen LogP contribution in [0.5, 0.6) is 0 Å². The van der Waals surface area contributed by atoms with Crippen LogP contribution >= 0.6 is 15.9 Å². The lowest BCUT2D eigenvalue weighted by molar-refractivity contribution is -0.121. The van der Waals surface area contributed by atoms with E-state index < -0.39 is 0 Å². The van der Waals surface area contributed by atoms with Crippen LogP contribution in [0.2, 0.25) is 0 Å². The second kappa shape index (κ2) is 6.15. The van der Waals surface area contributed by atoms with Crippen LogP contribution in [0.4, 0.5) is 4.39 Å². The molecule has 1 rings (SSSR count). The number of nitrogens with one attached hydrogen (secondary N) is 1. The Labute approximate surface area is 110 Å². The summed E-state index contributed by atoms with van der Waals surface area (Å²) >= 11 is 3.35. The van der Waals surface area contributed by atoms with Gasteiger partial charge < -0.3 is 5.32 Å². The first kappa shape index (κ1) is 14.2. The fraction of sp³-hybridized carbons (Fsp3) is 0.462. The van der Waals surface area contributed by atoms with Crippen LogP contribution in [0.1, 0.15) is 32.4 Å². The Morgan fingerprint density at radius 2 is 1.76 bits per heavy atom. The zero-order valence-corrected chi connectivity index (χ0v) is 11.8. The van der Waals surface area contributed by atoms with Gasteiger partial charge in [-0.1, -0.05) is 41.9 Å². The van der Waals surface area contributed by atoms with Gasteiger partial charge in [-0.2, -0.15) is 0 Å². The van der Waals surface area contributed by atoms with Crippen LogP contribution in [0.15, 0.2) is 24.3 Å². The summed E-state index contributed by atoms with van der Waals surface area (Å²) in [6.07, 6.45) is 0. The third kappa shape index (κ3) is 4.11. The van der Waals surface area contributed by atoms with E-state index in [0.29, 0.717) is 0 Å². The normalized spacial score (nSPS) is 14.5. The highest BCUT2D eigenvalue weighted by atomic mass is 79.9. The molecule has 0 aliphatic rings. The topological polar surface area (TPSA) is 29.1 Å². The van der Waals surface area contributed by atoms with E-state index in [2.05, 4.69) is 21.2 Å². The van der Waals surface area contributed by atoms with Gasteiger partial charge in [0.05, 0.1) is 10.9 Å². The van der Waals surface area contributed by atoms with E-state index in [9.17, 15) is 9.18 Å². The summed E-state index contributed by atoms with van der Waals surface area (Å²) in [5.74, 6) is -0.0833. The van der Waals surface area contributed by atoms with Crippen molar-refractivity contribution in [3.63, 3.8) is 0 Å². The van der Waals surface area contributed by atoms with Crippen LogP contribution in [-0.2, 0) is 4.79 Å². The van der Waals surface area contributed by atoms with Crippen LogP contribution in [0.3, 0.4) is 0 Å². The first-order valence-corrected chi connectivity index (χ1v) is 6.53. The average molecular weight is 302 g/mol. The zero-order chi connectivity index (χ0) is 13.0. The van der Waals surface area contributed by atoms with E-state index >= 15 is 0 Å². The molecule has 0 radical (unpaired) electrons. The van der Waals surface area contributed by atoms with Crippen molar-refractivity contribution in [1.29, 1.82) is 0 Å². The number of benzene rings is 1. The molecule has 0 aromatic heterocycles. The monoisotopic (exact) mass is 301 g/mol. The Morgan fingerprint density at radius 3 is 2.24 bits per heavy atom. The number of hydrogen-bond acceptors (Lipinski definition) is 1. The predicted molar refractivity (Wildman–Crippen MR) is 70.5 cm³/mol. The second-order valence-corrected chi connectivity index (χ2v) is 5.41. The molecule has 0 saturated carbocycles. The maximum atomic E-state index is 12.8. The first-order valence-electron chi connectivity index (χ1n) is 5.61. The summed E-state index contributed by atoms with van der Waals surface area (Å²) in [5, 5.41) is 2.89. The molecular weight excluding hydrogens is 285 g/mol. The highest BCUT2D eigenvalue weighted by Gasteiger charge is 2.20. The Hall–Kier alpha value is -0.900. The molecular formula is C13H17BrFNO. The number of rotatable bonds is 4. The van der Waals surface area contributed by atoms with E-state index in [4.69, 9.17) is 0 Å². The highest BCUT2D eigenvalue weighted by Crippen LogP contribution is 2.16. The van der Waals surface area contributed by atoms with Gasteiger partial charge in [0.25, 0.3) is 0 Å². The van der Waals surface area contributed by atoms with Crippen molar-refractivity contribution in [2.24, 2.45) is 5.92 Å². The van der Waals surface area contributed by atoms with Crippen LogP contribution in [0.25, 0.3) is 0 Å². The number of halogens is 2. The van der Waals surface area contributed by atoms with Gasteiger partial charge >= 0.3 is 0 Å². The molecule has 0 aliphatic carbocycles. The van der Waals surface area contributed by atoms with E-state index in [1.807, 2.05) is 20.8 Å². The van der Waals surface area contributed by atoms with Crippen LogP contribution in [-0.4, -0.2) is 10.7 Å². The summed E-state index contributed by atoms with van der Waals surface area (Å²) in [5.41, 5.74) is 0.892. The Balaban J connectivity index is 2.63. The van der Waals surface area contributed by atoms with Gasteiger partial charge in [0, 0.05) is 0 Å². The molecule has 0 saturated heterocycles. The quantitative estimate of drug-likeness (QED) is 0.848. The van der Waals surface area contributed by atoms with Crippen molar-refractivity contribution in [2.75, 3.05) is 0 Å². The van der Waals surface area contributed by atoms with Crippen molar-refractivity contribution >= 4 is 21.8 Å². The summed E-state index contributed by atoms with van der Waals surface area (Å²) < 4.78 is 12.8. The fourth-order valence-corrected chi connectivity index (χ4v) is 1.56. The standard InChI is InChI=1S/C13H17BrFNO/c1-8(2)12(14)13(17)16-9(3)10-4-6-11(15)7-5-10/h4-9,12H,1-3H3,(H,16,17)/t9-,12?/m0/s1. The summed E-state index contributed by atoms with van der Waals surface area (Å²) in [6.45, 7) is 5.83. The van der Waals surface area contributed by atoms with Gasteiger partial charge in [-0.05, 0) is 30.5 Å². The number of alkyl halides is 1. The third-order valence-corrected chi connectivity index (χ3v) is 4.04. The van der Waals surface area contributed by atoms with Gasteiger partial charge in [-0.3, -0.25) is 4.79 Å². The summed E-state index contributed by atoms with van der Waals surface area (Å²) in [6, 6.07) is 6.03. The maximum Gasteiger partial charge on any atom is 0.234 e. The van der Waals surface area contributed by atoms with Crippen molar-refractivity contribution in [2.45, 2.75) is 31.6 Å². The molecule has 17 heavy (non-hydrogen) atoms. The average Bonchev–Trinajstić information content (AvgIpc) is 2.28. The Morgan fingerprint density at radius 1 is 1.24 bits per heavy atom. The number of hydrogen-bond donors (Lipinski definition) is 1. The molecule has 1 amide bonds. The molecule has 0 heterocycles. The minimum atomic E-state index is -0.271. The first-order chi connectivity index (χ1) is 7.91. The molecule has 0 fully saturated rings. The predicted octanol–water partition coefficient (Wildman–Crippen LogP) is 3.42. The van der Waals surface area contributed by atoms with E-state index in [-0.39, 0.29) is 28.5 Å². The van der Waals surface area contributed by atoms with Gasteiger partial charge in [0.15, 0.2) is 0 Å². The Bertz CT molecular complexity index is 378. The van der Waals surface area contributed by atoms with E-state index in [1.165, 1.54) is 12.1 Å². The molecule has 1 aromatic rings. The summed E-state index contributed by atoms with van der Waals surface area (Å²) in [7, 11) is 0. The smallest absolute Gasteiger partial charge is 0.234 e. The lowest BCUT2D eigenvalue weighted by atomic mass is 10.1. The van der Waals surface area contributed by atoms with Crippen molar-refractivity contribution in [1.82, 2.24) is 5.32 Å².